The van der Waals surface area contributed by atoms with Crippen molar-refractivity contribution in [3.05, 3.63) is 34.9 Å². The Labute approximate surface area is 114 Å². The first-order valence-electron chi connectivity index (χ1n) is 5.78. The summed E-state index contributed by atoms with van der Waals surface area (Å²) in [7, 11) is 1.23. The molecule has 2 atom stereocenters. The van der Waals surface area contributed by atoms with Crippen LogP contribution < -0.4 is 0 Å². The molecule has 0 aliphatic heterocycles. The maximum Gasteiger partial charge on any atom is 0.337 e. The third-order valence-electron chi connectivity index (χ3n) is 3.03. The molecule has 19 heavy (non-hydrogen) atoms. The molecule has 0 radical (unpaired) electrons. The molecule has 0 aromatic heterocycles. The Kier molecular flexibility index (Phi) is 5.20. The molecule has 0 saturated carbocycles. The van der Waals surface area contributed by atoms with Crippen molar-refractivity contribution in [2.45, 2.75) is 31.7 Å². The SMILES string of the molecule is CCC(C)(F)c1ccc(C(=O)OC)cc1CS(=O)[O-]. The van der Waals surface area contributed by atoms with Crippen LogP contribution in [0.15, 0.2) is 18.2 Å². The van der Waals surface area contributed by atoms with Gasteiger partial charge in [0.25, 0.3) is 0 Å². The molecular formula is C13H16FO4S-. The number of carbonyl (C=O) groups is 1. The summed E-state index contributed by atoms with van der Waals surface area (Å²) >= 11 is -2.36. The van der Waals surface area contributed by atoms with Gasteiger partial charge in [0.05, 0.1) is 12.7 Å². The van der Waals surface area contributed by atoms with Gasteiger partial charge in [0.15, 0.2) is 0 Å². The molecule has 0 amide bonds. The predicted molar refractivity (Wildman–Crippen MR) is 69.2 cm³/mol. The van der Waals surface area contributed by atoms with Gasteiger partial charge in [-0.05, 0) is 36.6 Å². The second-order valence-corrected chi connectivity index (χ2v) is 5.26. The molecule has 2 unspecified atom stereocenters. The number of alkyl halides is 1. The Hall–Kier alpha value is -1.27. The van der Waals surface area contributed by atoms with Crippen molar-refractivity contribution in [1.29, 1.82) is 0 Å². The van der Waals surface area contributed by atoms with E-state index in [0.717, 1.165) is 0 Å². The number of halogens is 1. The van der Waals surface area contributed by atoms with Gasteiger partial charge in [-0.1, -0.05) is 24.1 Å². The number of rotatable bonds is 5. The lowest BCUT2D eigenvalue weighted by Gasteiger charge is -2.23. The Morgan fingerprint density at radius 1 is 1.53 bits per heavy atom. The molecule has 0 N–H and O–H groups in total. The standard InChI is InChI=1S/C13H17FO4S/c1-4-13(2,14)11-6-5-9(12(15)18-3)7-10(11)8-19(16)17/h5-7H,4,8H2,1-3H3,(H,16,17)/p-1. The van der Waals surface area contributed by atoms with E-state index < -0.39 is 22.7 Å². The van der Waals surface area contributed by atoms with E-state index in [-0.39, 0.29) is 28.9 Å². The highest BCUT2D eigenvalue weighted by Gasteiger charge is 2.27. The number of hydrogen-bond acceptors (Lipinski definition) is 4. The van der Waals surface area contributed by atoms with Crippen molar-refractivity contribution < 1.29 is 22.7 Å². The molecule has 0 spiro atoms. The molecule has 0 heterocycles. The molecular weight excluding hydrogens is 271 g/mol. The van der Waals surface area contributed by atoms with Gasteiger partial charge in [-0.2, -0.15) is 0 Å². The topological polar surface area (TPSA) is 66.4 Å². The monoisotopic (exact) mass is 287 g/mol. The fourth-order valence-corrected chi connectivity index (χ4v) is 2.28. The van der Waals surface area contributed by atoms with Crippen LogP contribution in [0.5, 0.6) is 0 Å². The van der Waals surface area contributed by atoms with Crippen LogP contribution in [0.3, 0.4) is 0 Å². The van der Waals surface area contributed by atoms with Crippen LogP contribution in [-0.4, -0.2) is 21.8 Å². The molecule has 1 aromatic rings. The van der Waals surface area contributed by atoms with Gasteiger partial charge in [-0.3, -0.25) is 4.21 Å². The molecule has 1 rings (SSSR count). The smallest absolute Gasteiger partial charge is 0.337 e. The minimum atomic E-state index is -2.36. The van der Waals surface area contributed by atoms with Crippen LogP contribution in [0.1, 0.15) is 41.8 Å². The molecule has 4 nitrogen and oxygen atoms in total. The van der Waals surface area contributed by atoms with E-state index in [9.17, 15) is 17.9 Å². The highest BCUT2D eigenvalue weighted by atomic mass is 32.2. The van der Waals surface area contributed by atoms with Crippen molar-refractivity contribution >= 4 is 17.0 Å². The summed E-state index contributed by atoms with van der Waals surface area (Å²) in [5.41, 5.74) is -0.864. The van der Waals surface area contributed by atoms with Crippen molar-refractivity contribution in [3.63, 3.8) is 0 Å². The minimum absolute atomic E-state index is 0.207. The first-order chi connectivity index (χ1) is 8.81. The Morgan fingerprint density at radius 3 is 2.63 bits per heavy atom. The van der Waals surface area contributed by atoms with Gasteiger partial charge in [0.1, 0.15) is 5.67 Å². The lowest BCUT2D eigenvalue weighted by atomic mass is 9.90. The Balaban J connectivity index is 3.32. The quantitative estimate of drug-likeness (QED) is 0.616. The van der Waals surface area contributed by atoms with E-state index in [0.29, 0.717) is 0 Å². The zero-order valence-electron chi connectivity index (χ0n) is 11.1. The summed E-state index contributed by atoms with van der Waals surface area (Å²) < 4.78 is 40.6. The average molecular weight is 287 g/mol. The van der Waals surface area contributed by atoms with E-state index in [1.807, 2.05) is 0 Å². The summed E-state index contributed by atoms with van der Waals surface area (Å²) in [6.07, 6.45) is 0.211. The van der Waals surface area contributed by atoms with Gasteiger partial charge in [0.2, 0.25) is 0 Å². The van der Waals surface area contributed by atoms with E-state index in [1.54, 1.807) is 6.92 Å². The van der Waals surface area contributed by atoms with E-state index in [2.05, 4.69) is 4.74 Å². The van der Waals surface area contributed by atoms with Crippen molar-refractivity contribution in [2.75, 3.05) is 7.11 Å². The average Bonchev–Trinajstić information content (AvgIpc) is 2.36. The van der Waals surface area contributed by atoms with Crippen LogP contribution in [0.2, 0.25) is 0 Å². The van der Waals surface area contributed by atoms with E-state index in [4.69, 9.17) is 0 Å². The third-order valence-corrected chi connectivity index (χ3v) is 3.57. The summed E-state index contributed by atoms with van der Waals surface area (Å²) in [6.45, 7) is 3.06. The molecule has 106 valence electrons. The highest BCUT2D eigenvalue weighted by Crippen LogP contribution is 2.32. The van der Waals surface area contributed by atoms with Crippen LogP contribution in [0.25, 0.3) is 0 Å². The van der Waals surface area contributed by atoms with E-state index in [1.165, 1.54) is 32.2 Å². The third kappa shape index (κ3) is 3.84. The normalized spacial score (nSPS) is 15.6. The van der Waals surface area contributed by atoms with Crippen molar-refractivity contribution in [3.8, 4) is 0 Å². The molecule has 0 aliphatic carbocycles. The summed E-state index contributed by atoms with van der Waals surface area (Å²) in [4.78, 5) is 11.4. The number of benzene rings is 1. The Morgan fingerprint density at radius 2 is 2.16 bits per heavy atom. The van der Waals surface area contributed by atoms with Gasteiger partial charge in [0, 0.05) is 5.75 Å². The molecule has 1 aromatic carbocycles. The zero-order chi connectivity index (χ0) is 14.6. The number of methoxy groups -OCH3 is 1. The van der Waals surface area contributed by atoms with Crippen LogP contribution >= 0.6 is 0 Å². The zero-order valence-corrected chi connectivity index (χ0v) is 11.9. The second-order valence-electron chi connectivity index (χ2n) is 4.36. The van der Waals surface area contributed by atoms with Crippen molar-refractivity contribution in [1.82, 2.24) is 0 Å². The van der Waals surface area contributed by atoms with Crippen molar-refractivity contribution in [2.24, 2.45) is 0 Å². The second kappa shape index (κ2) is 6.25. The van der Waals surface area contributed by atoms with Crippen LogP contribution in [-0.2, 0) is 27.2 Å². The fourth-order valence-electron chi connectivity index (χ4n) is 1.78. The van der Waals surface area contributed by atoms with Gasteiger partial charge < -0.3 is 9.29 Å². The minimum Gasteiger partial charge on any atom is -0.772 e. The number of esters is 1. The number of ether oxygens (including phenoxy) is 1. The summed E-state index contributed by atoms with van der Waals surface area (Å²) in [5, 5.41) is 0. The molecule has 6 heteroatoms. The summed E-state index contributed by atoms with van der Waals surface area (Å²) in [6, 6.07) is 4.24. The first-order valence-corrected chi connectivity index (χ1v) is 7.02. The van der Waals surface area contributed by atoms with Gasteiger partial charge >= 0.3 is 5.97 Å². The molecule has 0 bridgehead atoms. The molecule has 0 aliphatic rings. The number of hydrogen-bond donors (Lipinski definition) is 0. The fraction of sp³-hybridized carbons (Fsp3) is 0.462. The Bertz CT molecular complexity index is 499. The van der Waals surface area contributed by atoms with Gasteiger partial charge in [-0.15, -0.1) is 0 Å². The van der Waals surface area contributed by atoms with Crippen LogP contribution in [0, 0.1) is 0 Å². The maximum atomic E-state index is 14.4. The molecule has 0 saturated heterocycles. The largest absolute Gasteiger partial charge is 0.772 e. The van der Waals surface area contributed by atoms with Crippen LogP contribution in [0.4, 0.5) is 4.39 Å². The highest BCUT2D eigenvalue weighted by molar-refractivity contribution is 7.78. The lowest BCUT2D eigenvalue weighted by Crippen LogP contribution is -2.18. The predicted octanol–water partition coefficient (Wildman–Crippen LogP) is 2.45. The first kappa shape index (κ1) is 15.8. The van der Waals surface area contributed by atoms with Gasteiger partial charge in [-0.25, -0.2) is 9.18 Å². The maximum absolute atomic E-state index is 14.4. The number of carbonyl (C=O) groups excluding carboxylic acids is 1. The summed E-state index contributed by atoms with van der Waals surface area (Å²) in [5.74, 6) is -0.916. The van der Waals surface area contributed by atoms with E-state index >= 15 is 0 Å². The molecule has 0 fully saturated rings. The lowest BCUT2D eigenvalue weighted by molar-refractivity contribution is 0.0600.